The Morgan fingerprint density at radius 3 is 2.05 bits per heavy atom. The molecule has 0 aliphatic heterocycles. The van der Waals surface area contributed by atoms with Crippen LogP contribution in [0.25, 0.3) is 0 Å². The highest BCUT2D eigenvalue weighted by Gasteiger charge is 2.15. The summed E-state index contributed by atoms with van der Waals surface area (Å²) in [4.78, 5) is 0. The predicted octanol–water partition coefficient (Wildman–Crippen LogP) is 3.96. The Bertz CT molecular complexity index is 397. The van der Waals surface area contributed by atoms with Crippen LogP contribution in [-0.2, 0) is 9.47 Å². The van der Waals surface area contributed by atoms with Crippen molar-refractivity contribution in [1.82, 2.24) is 0 Å². The first-order chi connectivity index (χ1) is 8.88. The first-order valence-corrected chi connectivity index (χ1v) is 6.35. The van der Waals surface area contributed by atoms with Gasteiger partial charge in [0.15, 0.2) is 6.29 Å². The molecule has 0 aliphatic rings. The van der Waals surface area contributed by atoms with Gasteiger partial charge in [-0.15, -0.1) is 0 Å². The summed E-state index contributed by atoms with van der Waals surface area (Å²) in [6, 6.07) is 7.70. The number of ether oxygens (including phenoxy) is 3. The van der Waals surface area contributed by atoms with Crippen molar-refractivity contribution in [3.8, 4) is 5.75 Å². The second-order valence-corrected chi connectivity index (χ2v) is 5.51. The molecule has 0 saturated heterocycles. The van der Waals surface area contributed by atoms with E-state index in [1.54, 1.807) is 14.2 Å². The van der Waals surface area contributed by atoms with Crippen LogP contribution in [0, 0.1) is 5.41 Å². The maximum Gasteiger partial charge on any atom is 0.183 e. The predicted molar refractivity (Wildman–Crippen MR) is 77.3 cm³/mol. The molecule has 19 heavy (non-hydrogen) atoms. The summed E-state index contributed by atoms with van der Waals surface area (Å²) in [6.45, 7) is 11.0. The van der Waals surface area contributed by atoms with E-state index in [9.17, 15) is 0 Å². The molecule has 0 bridgehead atoms. The zero-order valence-electron chi connectivity index (χ0n) is 12.5. The third kappa shape index (κ3) is 4.69. The lowest BCUT2D eigenvalue weighted by Crippen LogP contribution is -2.15. The molecule has 0 aliphatic carbocycles. The Balaban J connectivity index is 2.60. The first kappa shape index (κ1) is 15.7. The minimum absolute atomic E-state index is 0.0666. The fourth-order valence-corrected chi connectivity index (χ4v) is 1.48. The van der Waals surface area contributed by atoms with Crippen LogP contribution in [0.2, 0.25) is 0 Å². The van der Waals surface area contributed by atoms with Gasteiger partial charge in [0.1, 0.15) is 12.4 Å². The van der Waals surface area contributed by atoms with Crippen LogP contribution >= 0.6 is 0 Å². The lowest BCUT2D eigenvalue weighted by molar-refractivity contribution is -0.106. The third-order valence-electron chi connectivity index (χ3n) is 3.05. The number of benzene rings is 1. The number of hydrogen-bond acceptors (Lipinski definition) is 3. The maximum atomic E-state index is 5.72. The van der Waals surface area contributed by atoms with Gasteiger partial charge in [0.25, 0.3) is 0 Å². The topological polar surface area (TPSA) is 27.7 Å². The van der Waals surface area contributed by atoms with Gasteiger partial charge in [0.2, 0.25) is 0 Å². The van der Waals surface area contributed by atoms with E-state index in [0.717, 1.165) is 16.9 Å². The second kappa shape index (κ2) is 6.73. The average Bonchev–Trinajstić information content (AvgIpc) is 2.37. The van der Waals surface area contributed by atoms with Crippen LogP contribution < -0.4 is 4.74 Å². The van der Waals surface area contributed by atoms with E-state index in [0.29, 0.717) is 6.61 Å². The summed E-state index contributed by atoms with van der Waals surface area (Å²) >= 11 is 0. The van der Waals surface area contributed by atoms with Crippen LogP contribution in [0.1, 0.15) is 32.6 Å². The van der Waals surface area contributed by atoms with E-state index < -0.39 is 0 Å². The minimum atomic E-state index is -0.335. The normalized spacial score (nSPS) is 11.7. The van der Waals surface area contributed by atoms with Gasteiger partial charge in [0, 0.05) is 19.8 Å². The summed E-state index contributed by atoms with van der Waals surface area (Å²) in [5, 5.41) is 0. The van der Waals surface area contributed by atoms with Crippen molar-refractivity contribution in [2.45, 2.75) is 27.1 Å². The largest absolute Gasteiger partial charge is 0.489 e. The molecule has 0 aromatic heterocycles. The molecule has 0 unspecified atom stereocenters. The Morgan fingerprint density at radius 2 is 1.63 bits per heavy atom. The summed E-state index contributed by atoms with van der Waals surface area (Å²) in [6.07, 6.45) is -0.335. The lowest BCUT2D eigenvalue weighted by atomic mass is 9.88. The van der Waals surface area contributed by atoms with Gasteiger partial charge in [-0.25, -0.2) is 0 Å². The standard InChI is InChI=1S/C16H24O3/c1-12(16(2,3)4)11-19-14-9-7-13(8-10-14)15(17-5)18-6/h7-10,15H,1,11H2,2-6H3. The highest BCUT2D eigenvalue weighted by atomic mass is 16.7. The van der Waals surface area contributed by atoms with Crippen LogP contribution in [0.4, 0.5) is 0 Å². The van der Waals surface area contributed by atoms with Gasteiger partial charge in [0.05, 0.1) is 0 Å². The second-order valence-electron chi connectivity index (χ2n) is 5.51. The van der Waals surface area contributed by atoms with E-state index in [2.05, 4.69) is 27.4 Å². The van der Waals surface area contributed by atoms with Gasteiger partial charge in [-0.1, -0.05) is 39.5 Å². The van der Waals surface area contributed by atoms with Gasteiger partial charge in [-0.3, -0.25) is 0 Å². The smallest absolute Gasteiger partial charge is 0.183 e. The third-order valence-corrected chi connectivity index (χ3v) is 3.05. The van der Waals surface area contributed by atoms with Gasteiger partial charge < -0.3 is 14.2 Å². The molecule has 0 amide bonds. The van der Waals surface area contributed by atoms with E-state index in [1.807, 2.05) is 24.3 Å². The first-order valence-electron chi connectivity index (χ1n) is 6.35. The molecule has 106 valence electrons. The molecular weight excluding hydrogens is 240 g/mol. The zero-order chi connectivity index (χ0) is 14.5. The molecule has 0 heterocycles. The maximum absolute atomic E-state index is 5.72. The van der Waals surface area contributed by atoms with Crippen molar-refractivity contribution in [3.05, 3.63) is 42.0 Å². The lowest BCUT2D eigenvalue weighted by Gasteiger charge is -2.22. The van der Waals surface area contributed by atoms with Gasteiger partial charge in [-0.2, -0.15) is 0 Å². The Hall–Kier alpha value is -1.32. The Morgan fingerprint density at radius 1 is 1.11 bits per heavy atom. The molecule has 1 aromatic rings. The van der Waals surface area contributed by atoms with Crippen LogP contribution in [0.15, 0.2) is 36.4 Å². The van der Waals surface area contributed by atoms with Gasteiger partial charge >= 0.3 is 0 Å². The highest BCUT2D eigenvalue weighted by Crippen LogP contribution is 2.25. The number of methoxy groups -OCH3 is 2. The summed E-state index contributed by atoms with van der Waals surface area (Å²) in [7, 11) is 3.23. The molecule has 0 saturated carbocycles. The van der Waals surface area contributed by atoms with Crippen molar-refractivity contribution in [1.29, 1.82) is 0 Å². The average molecular weight is 264 g/mol. The fraction of sp³-hybridized carbons (Fsp3) is 0.500. The zero-order valence-corrected chi connectivity index (χ0v) is 12.5. The van der Waals surface area contributed by atoms with Gasteiger partial charge in [-0.05, 0) is 23.1 Å². The molecule has 0 N–H and O–H groups in total. The minimum Gasteiger partial charge on any atom is -0.489 e. The molecule has 3 nitrogen and oxygen atoms in total. The molecular formula is C16H24O3. The van der Waals surface area contributed by atoms with Crippen molar-refractivity contribution in [3.63, 3.8) is 0 Å². The van der Waals surface area contributed by atoms with Crippen LogP contribution in [0.3, 0.4) is 0 Å². The Kier molecular flexibility index (Phi) is 5.58. The molecule has 1 rings (SSSR count). The molecule has 0 fully saturated rings. The Labute approximate surface area is 116 Å². The highest BCUT2D eigenvalue weighted by molar-refractivity contribution is 5.28. The monoisotopic (exact) mass is 264 g/mol. The number of hydrogen-bond donors (Lipinski definition) is 0. The van der Waals surface area contributed by atoms with E-state index in [-0.39, 0.29) is 11.7 Å². The SMILES string of the molecule is C=C(COc1ccc(C(OC)OC)cc1)C(C)(C)C. The van der Waals surface area contributed by atoms with Crippen LogP contribution in [-0.4, -0.2) is 20.8 Å². The van der Waals surface area contributed by atoms with Crippen molar-refractivity contribution < 1.29 is 14.2 Å². The van der Waals surface area contributed by atoms with Crippen molar-refractivity contribution in [2.24, 2.45) is 5.41 Å². The van der Waals surface area contributed by atoms with Crippen molar-refractivity contribution in [2.75, 3.05) is 20.8 Å². The van der Waals surface area contributed by atoms with Crippen LogP contribution in [0.5, 0.6) is 5.75 Å². The molecule has 0 spiro atoms. The molecule has 3 heteroatoms. The summed E-state index contributed by atoms with van der Waals surface area (Å²) in [5.41, 5.74) is 2.10. The van der Waals surface area contributed by atoms with E-state index >= 15 is 0 Å². The quantitative estimate of drug-likeness (QED) is 0.575. The fourth-order valence-electron chi connectivity index (χ4n) is 1.48. The number of rotatable bonds is 6. The summed E-state index contributed by atoms with van der Waals surface area (Å²) in [5.74, 6) is 0.820. The molecule has 0 radical (unpaired) electrons. The van der Waals surface area contributed by atoms with E-state index in [4.69, 9.17) is 14.2 Å². The molecule has 0 atom stereocenters. The molecule has 1 aromatic carbocycles. The van der Waals surface area contributed by atoms with E-state index in [1.165, 1.54) is 0 Å². The van der Waals surface area contributed by atoms with Crippen molar-refractivity contribution >= 4 is 0 Å². The summed E-state index contributed by atoms with van der Waals surface area (Å²) < 4.78 is 16.1.